The highest BCUT2D eigenvalue weighted by atomic mass is 16.5. The Balaban J connectivity index is 1.35. The van der Waals surface area contributed by atoms with Gasteiger partial charge in [-0.25, -0.2) is 4.79 Å². The molecule has 4 rings (SSSR count). The minimum absolute atomic E-state index is 0.0836. The molecule has 0 atom stereocenters. The molecule has 0 aliphatic carbocycles. The molecule has 1 aliphatic rings. The first-order valence-corrected chi connectivity index (χ1v) is 9.64. The van der Waals surface area contributed by atoms with Crippen LogP contribution in [0.5, 0.6) is 0 Å². The molecule has 3 aromatic rings. The zero-order chi connectivity index (χ0) is 20.1. The van der Waals surface area contributed by atoms with Crippen LogP contribution in [-0.2, 0) is 6.54 Å². The van der Waals surface area contributed by atoms with Gasteiger partial charge in [-0.3, -0.25) is 4.79 Å². The van der Waals surface area contributed by atoms with Crippen molar-refractivity contribution in [1.82, 2.24) is 15.4 Å². The molecule has 1 aliphatic heterocycles. The first kappa shape index (κ1) is 18.7. The van der Waals surface area contributed by atoms with Crippen molar-refractivity contribution in [3.63, 3.8) is 0 Å². The van der Waals surface area contributed by atoms with Gasteiger partial charge in [-0.2, -0.15) is 0 Å². The Bertz CT molecular complexity index is 994. The van der Waals surface area contributed by atoms with Gasteiger partial charge in [0.2, 0.25) is 0 Å². The predicted octanol–water partition coefficient (Wildman–Crippen LogP) is 3.90. The molecule has 2 N–H and O–H groups in total. The summed E-state index contributed by atoms with van der Waals surface area (Å²) < 4.78 is 5.27. The fourth-order valence-corrected chi connectivity index (χ4v) is 3.28. The van der Waals surface area contributed by atoms with Crippen LogP contribution >= 0.6 is 0 Å². The van der Waals surface area contributed by atoms with Gasteiger partial charge in [0.15, 0.2) is 11.5 Å². The number of aromatic nitrogens is 1. The summed E-state index contributed by atoms with van der Waals surface area (Å²) in [5.74, 6) is 0.227. The van der Waals surface area contributed by atoms with Crippen molar-refractivity contribution in [3.05, 3.63) is 71.9 Å². The molecule has 1 saturated heterocycles. The highest BCUT2D eigenvalue weighted by molar-refractivity contribution is 5.93. The lowest BCUT2D eigenvalue weighted by Gasteiger charge is -2.16. The lowest BCUT2D eigenvalue weighted by molar-refractivity contribution is 0.0942. The molecular weight excluding hydrogens is 368 g/mol. The molecule has 2 aromatic carbocycles. The Morgan fingerprint density at radius 2 is 1.79 bits per heavy atom. The number of carbonyl (C=O) groups excluding carboxylic acids is 2. The average molecular weight is 390 g/mol. The molecule has 1 aromatic heterocycles. The van der Waals surface area contributed by atoms with Crippen molar-refractivity contribution in [2.24, 2.45) is 0 Å². The van der Waals surface area contributed by atoms with E-state index in [1.54, 1.807) is 6.07 Å². The highest BCUT2D eigenvalue weighted by Crippen LogP contribution is 2.20. The molecular formula is C22H22N4O3. The number of urea groups is 1. The monoisotopic (exact) mass is 390 g/mol. The molecule has 7 heteroatoms. The Morgan fingerprint density at radius 3 is 2.59 bits per heavy atom. The number of carbonyl (C=O) groups is 2. The molecule has 3 amide bonds. The molecule has 0 spiro atoms. The summed E-state index contributed by atoms with van der Waals surface area (Å²) in [6, 6.07) is 18.5. The standard InChI is InChI=1S/C22H22N4O3/c27-21(19-14-20(29-25-19)17-8-2-1-3-9-17)23-15-16-7-6-10-18(13-16)24-22(28)26-11-4-5-12-26/h1-3,6-10,13-14H,4-5,11-12,15H2,(H,23,27)(H,24,28). The fourth-order valence-electron chi connectivity index (χ4n) is 3.28. The summed E-state index contributed by atoms with van der Waals surface area (Å²) in [6.45, 7) is 1.91. The van der Waals surface area contributed by atoms with E-state index in [1.807, 2.05) is 59.5 Å². The van der Waals surface area contributed by atoms with E-state index in [0.717, 1.165) is 37.1 Å². The first-order chi connectivity index (χ1) is 14.2. The number of anilines is 1. The van der Waals surface area contributed by atoms with E-state index in [9.17, 15) is 9.59 Å². The summed E-state index contributed by atoms with van der Waals surface area (Å²) in [5.41, 5.74) is 2.67. The highest BCUT2D eigenvalue weighted by Gasteiger charge is 2.18. The normalized spacial score (nSPS) is 13.3. The average Bonchev–Trinajstić information content (AvgIpc) is 3.45. The summed E-state index contributed by atoms with van der Waals surface area (Å²) in [4.78, 5) is 26.4. The topological polar surface area (TPSA) is 87.5 Å². The molecule has 7 nitrogen and oxygen atoms in total. The van der Waals surface area contributed by atoms with E-state index in [2.05, 4.69) is 15.8 Å². The maximum absolute atomic E-state index is 12.4. The number of amides is 3. The first-order valence-electron chi connectivity index (χ1n) is 9.64. The fraction of sp³-hybridized carbons (Fsp3) is 0.227. The molecule has 0 radical (unpaired) electrons. The van der Waals surface area contributed by atoms with E-state index in [-0.39, 0.29) is 17.6 Å². The van der Waals surface area contributed by atoms with E-state index in [0.29, 0.717) is 18.0 Å². The molecule has 148 valence electrons. The second-order valence-corrected chi connectivity index (χ2v) is 6.95. The minimum Gasteiger partial charge on any atom is -0.355 e. The van der Waals surface area contributed by atoms with Crippen LogP contribution in [0, 0.1) is 0 Å². The van der Waals surface area contributed by atoms with Crippen LogP contribution in [0.4, 0.5) is 10.5 Å². The van der Waals surface area contributed by atoms with E-state index in [1.165, 1.54) is 0 Å². The Kier molecular flexibility index (Phi) is 5.56. The van der Waals surface area contributed by atoms with Gasteiger partial charge in [-0.05, 0) is 30.5 Å². The van der Waals surface area contributed by atoms with E-state index in [4.69, 9.17) is 4.52 Å². The number of nitrogens with zero attached hydrogens (tertiary/aromatic N) is 2. The molecule has 0 saturated carbocycles. The number of nitrogens with one attached hydrogen (secondary N) is 2. The van der Waals surface area contributed by atoms with Gasteiger partial charge in [0.25, 0.3) is 5.91 Å². The van der Waals surface area contributed by atoms with Crippen LogP contribution < -0.4 is 10.6 Å². The van der Waals surface area contributed by atoms with Gasteiger partial charge in [0.05, 0.1) is 0 Å². The SMILES string of the molecule is O=C(NCc1cccc(NC(=O)N2CCCC2)c1)c1cc(-c2ccccc2)on1. The second-order valence-electron chi connectivity index (χ2n) is 6.95. The van der Waals surface area contributed by atoms with Crippen LogP contribution in [0.1, 0.15) is 28.9 Å². The number of hydrogen-bond donors (Lipinski definition) is 2. The van der Waals surface area contributed by atoms with Crippen LogP contribution in [-0.4, -0.2) is 35.1 Å². The third-order valence-electron chi connectivity index (χ3n) is 4.83. The third kappa shape index (κ3) is 4.63. The lowest BCUT2D eigenvalue weighted by atomic mass is 10.1. The van der Waals surface area contributed by atoms with Crippen molar-refractivity contribution in [1.29, 1.82) is 0 Å². The maximum atomic E-state index is 12.4. The zero-order valence-electron chi connectivity index (χ0n) is 15.9. The zero-order valence-corrected chi connectivity index (χ0v) is 15.9. The van der Waals surface area contributed by atoms with Gasteiger partial charge in [-0.1, -0.05) is 47.6 Å². The van der Waals surface area contributed by atoms with Gasteiger partial charge in [-0.15, -0.1) is 0 Å². The minimum atomic E-state index is -0.317. The van der Waals surface area contributed by atoms with Crippen LogP contribution in [0.25, 0.3) is 11.3 Å². The summed E-state index contributed by atoms with van der Waals surface area (Å²) in [5, 5.41) is 9.60. The van der Waals surface area contributed by atoms with Gasteiger partial charge < -0.3 is 20.1 Å². The number of likely N-dealkylation sites (tertiary alicyclic amines) is 1. The summed E-state index contributed by atoms with van der Waals surface area (Å²) >= 11 is 0. The maximum Gasteiger partial charge on any atom is 0.321 e. The molecule has 1 fully saturated rings. The summed E-state index contributed by atoms with van der Waals surface area (Å²) in [6.07, 6.45) is 2.10. The van der Waals surface area contributed by atoms with Gasteiger partial charge >= 0.3 is 6.03 Å². The van der Waals surface area contributed by atoms with Crippen molar-refractivity contribution in [3.8, 4) is 11.3 Å². The van der Waals surface area contributed by atoms with Crippen molar-refractivity contribution in [2.45, 2.75) is 19.4 Å². The van der Waals surface area contributed by atoms with Crippen molar-refractivity contribution >= 4 is 17.6 Å². The van der Waals surface area contributed by atoms with E-state index < -0.39 is 0 Å². The van der Waals surface area contributed by atoms with E-state index >= 15 is 0 Å². The molecule has 0 unspecified atom stereocenters. The Labute approximate surface area is 168 Å². The largest absolute Gasteiger partial charge is 0.355 e. The number of benzene rings is 2. The van der Waals surface area contributed by atoms with Crippen LogP contribution in [0.2, 0.25) is 0 Å². The van der Waals surface area contributed by atoms with Crippen molar-refractivity contribution in [2.75, 3.05) is 18.4 Å². The van der Waals surface area contributed by atoms with Crippen molar-refractivity contribution < 1.29 is 14.1 Å². The van der Waals surface area contributed by atoms with Crippen LogP contribution in [0.15, 0.2) is 65.2 Å². The number of hydrogen-bond acceptors (Lipinski definition) is 4. The predicted molar refractivity (Wildman–Crippen MR) is 109 cm³/mol. The summed E-state index contributed by atoms with van der Waals surface area (Å²) in [7, 11) is 0. The lowest BCUT2D eigenvalue weighted by Crippen LogP contribution is -2.32. The Hall–Kier alpha value is -3.61. The molecule has 0 bridgehead atoms. The van der Waals surface area contributed by atoms with Gasteiger partial charge in [0.1, 0.15) is 0 Å². The molecule has 2 heterocycles. The number of rotatable bonds is 5. The van der Waals surface area contributed by atoms with Gasteiger partial charge in [0, 0.05) is 37.0 Å². The quantitative estimate of drug-likeness (QED) is 0.692. The smallest absolute Gasteiger partial charge is 0.321 e. The van der Waals surface area contributed by atoms with Crippen LogP contribution in [0.3, 0.4) is 0 Å². The third-order valence-corrected chi connectivity index (χ3v) is 4.83. The Morgan fingerprint density at radius 1 is 1.00 bits per heavy atom. The molecule has 29 heavy (non-hydrogen) atoms. The second kappa shape index (κ2) is 8.60.